The van der Waals surface area contributed by atoms with Gasteiger partial charge in [0.2, 0.25) is 0 Å². The van der Waals surface area contributed by atoms with Crippen LogP contribution in [0.4, 0.5) is 0 Å². The molecule has 194 valence electrons. The van der Waals surface area contributed by atoms with Gasteiger partial charge >= 0.3 is 0 Å². The molecule has 0 aliphatic heterocycles. The highest BCUT2D eigenvalue weighted by Gasteiger charge is 2.57. The fraction of sp³-hybridized carbons (Fsp3) is 1.00. The molecule has 11 unspecified atom stereocenters. The lowest BCUT2D eigenvalue weighted by Crippen LogP contribution is -2.54. The molecule has 6 aliphatic rings. The average Bonchev–Trinajstić information content (AvgIpc) is 3.48. The van der Waals surface area contributed by atoms with E-state index in [4.69, 9.17) is 0 Å². The largest absolute Gasteiger partial charge is 0.0654 e. The minimum absolute atomic E-state index is 1.01. The first-order valence-corrected chi connectivity index (χ1v) is 16.7. The molecule has 0 spiro atoms. The zero-order chi connectivity index (χ0) is 23.1. The Morgan fingerprint density at radius 3 is 2.09 bits per heavy atom. The van der Waals surface area contributed by atoms with Crippen LogP contribution in [0.15, 0.2) is 0 Å². The van der Waals surface area contributed by atoms with Gasteiger partial charge in [-0.25, -0.2) is 0 Å². The Balaban J connectivity index is 1.32. The van der Waals surface area contributed by atoms with Crippen molar-refractivity contribution in [1.82, 2.24) is 0 Å². The van der Waals surface area contributed by atoms with Crippen LogP contribution >= 0.6 is 0 Å². The van der Waals surface area contributed by atoms with Gasteiger partial charge in [-0.2, -0.15) is 0 Å². The molecule has 6 rings (SSSR count). The summed E-state index contributed by atoms with van der Waals surface area (Å²) >= 11 is 0. The highest BCUT2D eigenvalue weighted by Crippen LogP contribution is 2.65. The van der Waals surface area contributed by atoms with Crippen molar-refractivity contribution in [2.45, 2.75) is 142 Å². The molecule has 34 heavy (non-hydrogen) atoms. The van der Waals surface area contributed by atoms with Gasteiger partial charge in [-0.05, 0) is 122 Å². The predicted octanol–water partition coefficient (Wildman–Crippen LogP) is 10.3. The molecule has 11 atom stereocenters. The van der Waals surface area contributed by atoms with Gasteiger partial charge in [0.05, 0.1) is 0 Å². The molecule has 6 aliphatic carbocycles. The van der Waals surface area contributed by atoms with E-state index < -0.39 is 0 Å². The van der Waals surface area contributed by atoms with E-state index in [1.807, 2.05) is 0 Å². The van der Waals surface area contributed by atoms with E-state index in [0.29, 0.717) is 0 Å². The van der Waals surface area contributed by atoms with Gasteiger partial charge in [0, 0.05) is 0 Å². The first kappa shape index (κ1) is 24.3. The normalized spacial score (nSPS) is 48.2. The molecule has 0 aromatic carbocycles. The number of fused-ring (bicyclic) bond motifs is 3. The molecule has 6 saturated carbocycles. The molecule has 0 amide bonds. The zero-order valence-corrected chi connectivity index (χ0v) is 23.1. The molecule has 0 radical (unpaired) electrons. The van der Waals surface area contributed by atoms with Crippen molar-refractivity contribution in [3.05, 3.63) is 0 Å². The van der Waals surface area contributed by atoms with Gasteiger partial charge in [-0.1, -0.05) is 90.9 Å². The number of rotatable bonds is 6. The maximum Gasteiger partial charge on any atom is -0.0321 e. The van der Waals surface area contributed by atoms with Crippen LogP contribution in [-0.4, -0.2) is 0 Å². The zero-order valence-electron chi connectivity index (χ0n) is 23.1. The second kappa shape index (κ2) is 10.8. The monoisotopic (exact) mass is 466 g/mol. The van der Waals surface area contributed by atoms with Crippen molar-refractivity contribution in [3.8, 4) is 0 Å². The summed E-state index contributed by atoms with van der Waals surface area (Å²) in [7, 11) is 0. The second-order valence-corrected chi connectivity index (χ2v) is 14.9. The van der Waals surface area contributed by atoms with Crippen molar-refractivity contribution in [2.75, 3.05) is 0 Å². The Bertz CT molecular complexity index is 644. The number of hydrogen-bond donors (Lipinski definition) is 0. The van der Waals surface area contributed by atoms with E-state index in [0.717, 1.165) is 71.0 Å². The molecule has 0 aromatic heterocycles. The lowest BCUT2D eigenvalue weighted by atomic mass is 9.45. The van der Waals surface area contributed by atoms with Crippen LogP contribution in [0.2, 0.25) is 0 Å². The van der Waals surface area contributed by atoms with E-state index >= 15 is 0 Å². The Morgan fingerprint density at radius 1 is 0.588 bits per heavy atom. The highest BCUT2D eigenvalue weighted by atomic mass is 14.6. The molecule has 0 nitrogen and oxygen atoms in total. The molecule has 0 aromatic rings. The third-order valence-electron chi connectivity index (χ3n) is 13.3. The molecule has 0 heterocycles. The van der Waals surface area contributed by atoms with Crippen LogP contribution in [0.1, 0.15) is 142 Å². The van der Waals surface area contributed by atoms with E-state index in [-0.39, 0.29) is 0 Å². The highest BCUT2D eigenvalue weighted by molar-refractivity contribution is 5.06. The molecule has 6 fully saturated rings. The quantitative estimate of drug-likeness (QED) is 0.365. The third kappa shape index (κ3) is 4.57. The second-order valence-electron chi connectivity index (χ2n) is 14.9. The summed E-state index contributed by atoms with van der Waals surface area (Å²) in [5.41, 5.74) is 0. The minimum Gasteiger partial charge on any atom is -0.0654 e. The summed E-state index contributed by atoms with van der Waals surface area (Å²) in [5, 5.41) is 0. The summed E-state index contributed by atoms with van der Waals surface area (Å²) in [6.07, 6.45) is 31.5. The fourth-order valence-electron chi connectivity index (χ4n) is 12.3. The summed E-state index contributed by atoms with van der Waals surface area (Å²) in [6, 6.07) is 0. The standard InChI is InChI=1S/C34H58/c1-3-10-26(22-24-11-5-4-6-12-24)33-28-14-7-8-15-29(28)34(32-21-23(2)17-19-31(32)33)30-20-18-25-13-9-16-27(25)30/h23-34H,3-22H2,1-2H3. The van der Waals surface area contributed by atoms with Crippen LogP contribution in [0, 0.1) is 71.0 Å². The minimum atomic E-state index is 1.01. The van der Waals surface area contributed by atoms with Crippen LogP contribution in [-0.2, 0) is 0 Å². The van der Waals surface area contributed by atoms with Crippen molar-refractivity contribution in [1.29, 1.82) is 0 Å². The summed E-state index contributed by atoms with van der Waals surface area (Å²) < 4.78 is 0. The summed E-state index contributed by atoms with van der Waals surface area (Å²) in [5.74, 6) is 13.3. The Kier molecular flexibility index (Phi) is 7.72. The van der Waals surface area contributed by atoms with E-state index in [9.17, 15) is 0 Å². The maximum absolute atomic E-state index is 2.63. The van der Waals surface area contributed by atoms with Gasteiger partial charge in [0.15, 0.2) is 0 Å². The van der Waals surface area contributed by atoms with Gasteiger partial charge in [-0.3, -0.25) is 0 Å². The van der Waals surface area contributed by atoms with Crippen molar-refractivity contribution in [3.63, 3.8) is 0 Å². The lowest BCUT2D eigenvalue weighted by molar-refractivity contribution is -0.119. The van der Waals surface area contributed by atoms with E-state index in [1.54, 1.807) is 103 Å². The maximum atomic E-state index is 2.63. The van der Waals surface area contributed by atoms with Gasteiger partial charge < -0.3 is 0 Å². The van der Waals surface area contributed by atoms with Crippen LogP contribution in [0.25, 0.3) is 0 Å². The molecule has 0 N–H and O–H groups in total. The topological polar surface area (TPSA) is 0 Å². The Morgan fingerprint density at radius 2 is 1.26 bits per heavy atom. The lowest BCUT2D eigenvalue weighted by Gasteiger charge is -2.60. The first-order chi connectivity index (χ1) is 16.7. The van der Waals surface area contributed by atoms with E-state index in [1.165, 1.54) is 25.7 Å². The van der Waals surface area contributed by atoms with Crippen LogP contribution in [0.5, 0.6) is 0 Å². The third-order valence-corrected chi connectivity index (χ3v) is 13.3. The van der Waals surface area contributed by atoms with Crippen molar-refractivity contribution >= 4 is 0 Å². The predicted molar refractivity (Wildman–Crippen MR) is 146 cm³/mol. The van der Waals surface area contributed by atoms with Gasteiger partial charge in [0.1, 0.15) is 0 Å². The average molecular weight is 467 g/mol. The molecule has 0 bridgehead atoms. The van der Waals surface area contributed by atoms with Crippen molar-refractivity contribution < 1.29 is 0 Å². The van der Waals surface area contributed by atoms with Gasteiger partial charge in [-0.15, -0.1) is 0 Å². The summed E-state index contributed by atoms with van der Waals surface area (Å²) in [6.45, 7) is 5.14. The van der Waals surface area contributed by atoms with E-state index in [2.05, 4.69) is 13.8 Å². The SMILES string of the molecule is CCCC(CC1CCCCC1)C1C2CCCCC2C(C2CCC3CCCC32)C2CC(C)CCC21. The van der Waals surface area contributed by atoms with Crippen LogP contribution < -0.4 is 0 Å². The molecular formula is C34H58. The van der Waals surface area contributed by atoms with Crippen LogP contribution in [0.3, 0.4) is 0 Å². The summed E-state index contributed by atoms with van der Waals surface area (Å²) in [4.78, 5) is 0. The fourth-order valence-corrected chi connectivity index (χ4v) is 12.3. The van der Waals surface area contributed by atoms with Crippen molar-refractivity contribution in [2.24, 2.45) is 71.0 Å². The Hall–Kier alpha value is 0. The molecule has 0 heteroatoms. The first-order valence-electron chi connectivity index (χ1n) is 16.7. The smallest absolute Gasteiger partial charge is 0.0321 e. The molecular weight excluding hydrogens is 408 g/mol. The van der Waals surface area contributed by atoms with Gasteiger partial charge in [0.25, 0.3) is 0 Å². The Labute approximate surface area is 213 Å². The molecule has 0 saturated heterocycles. The number of hydrogen-bond acceptors (Lipinski definition) is 0.